The Hall–Kier alpha value is -0.860. The van der Waals surface area contributed by atoms with Crippen molar-refractivity contribution in [2.45, 2.75) is 39.7 Å². The number of piperidine rings is 1. The maximum absolute atomic E-state index is 6.33. The summed E-state index contributed by atoms with van der Waals surface area (Å²) in [4.78, 5) is 2.53. The van der Waals surface area contributed by atoms with E-state index in [-0.39, 0.29) is 6.04 Å². The lowest BCUT2D eigenvalue weighted by Gasteiger charge is -2.35. The van der Waals surface area contributed by atoms with Crippen molar-refractivity contribution in [2.75, 3.05) is 19.6 Å². The van der Waals surface area contributed by atoms with Gasteiger partial charge >= 0.3 is 0 Å². The van der Waals surface area contributed by atoms with Crippen LogP contribution in [0.15, 0.2) is 24.3 Å². The molecule has 106 valence electrons. The zero-order valence-corrected chi connectivity index (χ0v) is 12.6. The third-order valence-corrected chi connectivity index (χ3v) is 4.54. The highest BCUT2D eigenvalue weighted by atomic mass is 15.1. The van der Waals surface area contributed by atoms with Crippen LogP contribution in [0.4, 0.5) is 0 Å². The second-order valence-corrected chi connectivity index (χ2v) is 6.40. The number of hydrogen-bond donors (Lipinski definition) is 1. The van der Waals surface area contributed by atoms with Crippen LogP contribution in [0.2, 0.25) is 0 Å². The molecule has 0 aromatic heterocycles. The SMILES string of the molecule is Cc1ccc(C(N)CN2CCC(C(C)C)CC2)cc1. The van der Waals surface area contributed by atoms with Crippen LogP contribution in [0.5, 0.6) is 0 Å². The maximum Gasteiger partial charge on any atom is 0.0424 e. The molecular weight excluding hydrogens is 232 g/mol. The largest absolute Gasteiger partial charge is 0.323 e. The predicted octanol–water partition coefficient (Wildman–Crippen LogP) is 3.36. The third-order valence-electron chi connectivity index (χ3n) is 4.54. The second-order valence-electron chi connectivity index (χ2n) is 6.40. The van der Waals surface area contributed by atoms with Crippen molar-refractivity contribution in [3.63, 3.8) is 0 Å². The Kier molecular flexibility index (Phi) is 5.00. The number of benzene rings is 1. The van der Waals surface area contributed by atoms with E-state index in [2.05, 4.69) is 49.9 Å². The smallest absolute Gasteiger partial charge is 0.0424 e. The molecule has 2 nitrogen and oxygen atoms in total. The minimum absolute atomic E-state index is 0.149. The Morgan fingerprint density at radius 2 is 1.74 bits per heavy atom. The quantitative estimate of drug-likeness (QED) is 0.899. The summed E-state index contributed by atoms with van der Waals surface area (Å²) in [6.07, 6.45) is 2.66. The molecular formula is C17H28N2. The van der Waals surface area contributed by atoms with E-state index in [0.717, 1.165) is 18.4 Å². The molecule has 1 aromatic carbocycles. The first-order chi connectivity index (χ1) is 9.06. The highest BCUT2D eigenvalue weighted by molar-refractivity contribution is 5.24. The number of rotatable bonds is 4. The first-order valence-electron chi connectivity index (χ1n) is 7.60. The second kappa shape index (κ2) is 6.53. The zero-order chi connectivity index (χ0) is 13.8. The van der Waals surface area contributed by atoms with Gasteiger partial charge in [0.15, 0.2) is 0 Å². The van der Waals surface area contributed by atoms with Gasteiger partial charge in [-0.2, -0.15) is 0 Å². The average molecular weight is 260 g/mol. The van der Waals surface area contributed by atoms with Crippen LogP contribution in [-0.4, -0.2) is 24.5 Å². The molecule has 2 rings (SSSR count). The molecule has 1 heterocycles. The fraction of sp³-hybridized carbons (Fsp3) is 0.647. The van der Waals surface area contributed by atoms with Crippen LogP contribution >= 0.6 is 0 Å². The van der Waals surface area contributed by atoms with Crippen molar-refractivity contribution >= 4 is 0 Å². The molecule has 1 saturated heterocycles. The highest BCUT2D eigenvalue weighted by Crippen LogP contribution is 2.25. The molecule has 0 spiro atoms. The summed E-state index contributed by atoms with van der Waals surface area (Å²) in [6, 6.07) is 8.79. The monoisotopic (exact) mass is 260 g/mol. The summed E-state index contributed by atoms with van der Waals surface area (Å²) < 4.78 is 0. The van der Waals surface area contributed by atoms with Gasteiger partial charge in [-0.1, -0.05) is 43.7 Å². The van der Waals surface area contributed by atoms with E-state index in [4.69, 9.17) is 5.73 Å². The van der Waals surface area contributed by atoms with Gasteiger partial charge in [-0.3, -0.25) is 0 Å². The molecule has 2 heteroatoms. The number of aryl methyl sites for hydroxylation is 1. The van der Waals surface area contributed by atoms with Crippen molar-refractivity contribution < 1.29 is 0 Å². The van der Waals surface area contributed by atoms with Crippen LogP contribution in [0, 0.1) is 18.8 Å². The lowest BCUT2D eigenvalue weighted by Crippen LogP contribution is -2.39. The molecule has 0 amide bonds. The Morgan fingerprint density at radius 3 is 2.26 bits per heavy atom. The number of likely N-dealkylation sites (tertiary alicyclic amines) is 1. The first kappa shape index (κ1) is 14.5. The van der Waals surface area contributed by atoms with Gasteiger partial charge in [0.1, 0.15) is 0 Å². The van der Waals surface area contributed by atoms with Crippen molar-refractivity contribution in [3.05, 3.63) is 35.4 Å². The molecule has 19 heavy (non-hydrogen) atoms. The highest BCUT2D eigenvalue weighted by Gasteiger charge is 2.22. The Balaban J connectivity index is 1.83. The summed E-state index contributed by atoms with van der Waals surface area (Å²) in [5.74, 6) is 1.74. The van der Waals surface area contributed by atoms with E-state index in [1.165, 1.54) is 37.1 Å². The lowest BCUT2D eigenvalue weighted by atomic mass is 9.86. The molecule has 1 unspecified atom stereocenters. The molecule has 0 bridgehead atoms. The maximum atomic E-state index is 6.33. The summed E-state index contributed by atoms with van der Waals surface area (Å²) >= 11 is 0. The van der Waals surface area contributed by atoms with Crippen molar-refractivity contribution in [2.24, 2.45) is 17.6 Å². The number of nitrogens with two attached hydrogens (primary N) is 1. The first-order valence-corrected chi connectivity index (χ1v) is 7.60. The van der Waals surface area contributed by atoms with Crippen LogP contribution in [-0.2, 0) is 0 Å². The zero-order valence-electron chi connectivity index (χ0n) is 12.6. The standard InChI is InChI=1S/C17H28N2/c1-13(2)15-8-10-19(11-9-15)12-17(18)16-6-4-14(3)5-7-16/h4-7,13,15,17H,8-12,18H2,1-3H3. The van der Waals surface area contributed by atoms with Gasteiger partial charge in [-0.15, -0.1) is 0 Å². The summed E-state index contributed by atoms with van der Waals surface area (Å²) in [5, 5.41) is 0. The van der Waals surface area contributed by atoms with Crippen LogP contribution < -0.4 is 5.73 Å². The van der Waals surface area contributed by atoms with Gasteiger partial charge in [0.05, 0.1) is 0 Å². The van der Waals surface area contributed by atoms with E-state index in [0.29, 0.717) is 0 Å². The van der Waals surface area contributed by atoms with Crippen LogP contribution in [0.1, 0.15) is 43.9 Å². The van der Waals surface area contributed by atoms with Gasteiger partial charge in [0, 0.05) is 12.6 Å². The molecule has 1 atom stereocenters. The van der Waals surface area contributed by atoms with Crippen LogP contribution in [0.3, 0.4) is 0 Å². The Labute approximate surface area is 118 Å². The van der Waals surface area contributed by atoms with E-state index in [9.17, 15) is 0 Å². The van der Waals surface area contributed by atoms with Gasteiger partial charge < -0.3 is 10.6 Å². The number of hydrogen-bond acceptors (Lipinski definition) is 2. The van der Waals surface area contributed by atoms with Crippen molar-refractivity contribution in [3.8, 4) is 0 Å². The summed E-state index contributed by atoms with van der Waals surface area (Å²) in [6.45, 7) is 10.2. The van der Waals surface area contributed by atoms with Crippen molar-refractivity contribution in [1.82, 2.24) is 4.90 Å². The molecule has 0 radical (unpaired) electrons. The normalized spacial score (nSPS) is 19.8. The average Bonchev–Trinajstić information content (AvgIpc) is 2.40. The molecule has 0 saturated carbocycles. The minimum Gasteiger partial charge on any atom is -0.323 e. The molecule has 1 aliphatic rings. The molecule has 1 aromatic rings. The lowest BCUT2D eigenvalue weighted by molar-refractivity contribution is 0.151. The van der Waals surface area contributed by atoms with E-state index < -0.39 is 0 Å². The molecule has 1 fully saturated rings. The van der Waals surface area contributed by atoms with Gasteiger partial charge in [0.2, 0.25) is 0 Å². The fourth-order valence-electron chi connectivity index (χ4n) is 3.00. The minimum atomic E-state index is 0.149. The van der Waals surface area contributed by atoms with Crippen molar-refractivity contribution in [1.29, 1.82) is 0 Å². The van der Waals surface area contributed by atoms with E-state index in [1.54, 1.807) is 0 Å². The summed E-state index contributed by atoms with van der Waals surface area (Å²) in [7, 11) is 0. The fourth-order valence-corrected chi connectivity index (χ4v) is 3.00. The molecule has 2 N–H and O–H groups in total. The predicted molar refractivity (Wildman–Crippen MR) is 82.1 cm³/mol. The van der Waals surface area contributed by atoms with Gasteiger partial charge in [-0.05, 0) is 50.3 Å². The molecule has 1 aliphatic heterocycles. The van der Waals surface area contributed by atoms with Crippen LogP contribution in [0.25, 0.3) is 0 Å². The van der Waals surface area contributed by atoms with E-state index in [1.807, 2.05) is 0 Å². The third kappa shape index (κ3) is 4.05. The molecule has 0 aliphatic carbocycles. The summed E-state index contributed by atoms with van der Waals surface area (Å²) in [5.41, 5.74) is 8.89. The van der Waals surface area contributed by atoms with Gasteiger partial charge in [-0.25, -0.2) is 0 Å². The Morgan fingerprint density at radius 1 is 1.16 bits per heavy atom. The van der Waals surface area contributed by atoms with Gasteiger partial charge in [0.25, 0.3) is 0 Å². The topological polar surface area (TPSA) is 29.3 Å². The Bertz CT molecular complexity index is 375. The van der Waals surface area contributed by atoms with E-state index >= 15 is 0 Å². The number of nitrogens with zero attached hydrogens (tertiary/aromatic N) is 1.